The number of furan rings is 1. The van der Waals surface area contributed by atoms with Crippen LogP contribution in [0.4, 0.5) is 5.00 Å². The third-order valence-electron chi connectivity index (χ3n) is 5.40. The maximum atomic E-state index is 12.4. The number of carbonyl (C=O) groups is 1. The van der Waals surface area contributed by atoms with Crippen LogP contribution in [0.15, 0.2) is 22.8 Å². The van der Waals surface area contributed by atoms with Crippen LogP contribution >= 0.6 is 23.6 Å². The molecule has 2 aromatic heterocycles. The average molecular weight is 420 g/mol. The van der Waals surface area contributed by atoms with Crippen LogP contribution in [0.5, 0.6) is 0 Å². The SMILES string of the molecule is COC(=O)c1c(NC(=S)N2CCN(Cc3ccco3)CC2)sc2c1CCCC2. The lowest BCUT2D eigenvalue weighted by molar-refractivity contribution is 0.0601. The molecule has 1 aliphatic heterocycles. The fourth-order valence-electron chi connectivity index (χ4n) is 3.88. The van der Waals surface area contributed by atoms with E-state index in [1.807, 2.05) is 12.1 Å². The summed E-state index contributed by atoms with van der Waals surface area (Å²) in [6.45, 7) is 4.38. The Bertz CT molecular complexity index is 839. The number of anilines is 1. The number of fused-ring (bicyclic) bond motifs is 1. The summed E-state index contributed by atoms with van der Waals surface area (Å²) < 4.78 is 10.5. The van der Waals surface area contributed by atoms with E-state index >= 15 is 0 Å². The molecule has 1 saturated heterocycles. The summed E-state index contributed by atoms with van der Waals surface area (Å²) >= 11 is 7.32. The maximum Gasteiger partial charge on any atom is 0.341 e. The van der Waals surface area contributed by atoms with Gasteiger partial charge in [-0.2, -0.15) is 0 Å². The van der Waals surface area contributed by atoms with Crippen LogP contribution in [0.3, 0.4) is 0 Å². The van der Waals surface area contributed by atoms with E-state index in [9.17, 15) is 4.79 Å². The minimum absolute atomic E-state index is 0.270. The first kappa shape index (κ1) is 19.4. The molecule has 0 unspecified atom stereocenters. The predicted molar refractivity (Wildman–Crippen MR) is 114 cm³/mol. The molecule has 0 bridgehead atoms. The van der Waals surface area contributed by atoms with Crippen molar-refractivity contribution in [2.24, 2.45) is 0 Å². The highest BCUT2D eigenvalue weighted by atomic mass is 32.1. The molecule has 0 spiro atoms. The lowest BCUT2D eigenvalue weighted by Crippen LogP contribution is -2.49. The molecule has 0 aromatic carbocycles. The summed E-state index contributed by atoms with van der Waals surface area (Å²) in [7, 11) is 1.44. The Balaban J connectivity index is 1.40. The first-order valence-corrected chi connectivity index (χ1v) is 10.9. The number of rotatable bonds is 4. The Kier molecular flexibility index (Phi) is 5.99. The number of esters is 1. The lowest BCUT2D eigenvalue weighted by Gasteiger charge is -2.35. The molecule has 1 N–H and O–H groups in total. The van der Waals surface area contributed by atoms with Gasteiger partial charge in [-0.05, 0) is 55.6 Å². The second-order valence-electron chi connectivity index (χ2n) is 7.18. The third-order valence-corrected chi connectivity index (χ3v) is 6.97. The number of ether oxygens (including phenoxy) is 1. The second-order valence-corrected chi connectivity index (χ2v) is 8.67. The summed E-state index contributed by atoms with van der Waals surface area (Å²) in [6, 6.07) is 3.93. The quantitative estimate of drug-likeness (QED) is 0.601. The van der Waals surface area contributed by atoms with E-state index < -0.39 is 0 Å². The van der Waals surface area contributed by atoms with Crippen LogP contribution in [-0.4, -0.2) is 54.2 Å². The van der Waals surface area contributed by atoms with Crippen LogP contribution < -0.4 is 5.32 Å². The summed E-state index contributed by atoms with van der Waals surface area (Å²) in [5.41, 5.74) is 1.83. The Morgan fingerprint density at radius 2 is 2.07 bits per heavy atom. The first-order chi connectivity index (χ1) is 13.7. The van der Waals surface area contributed by atoms with E-state index in [0.717, 1.165) is 68.3 Å². The molecule has 0 saturated carbocycles. The fourth-order valence-corrected chi connectivity index (χ4v) is 5.51. The van der Waals surface area contributed by atoms with Gasteiger partial charge in [-0.15, -0.1) is 11.3 Å². The molecule has 0 amide bonds. The van der Waals surface area contributed by atoms with Crippen molar-refractivity contribution in [3.8, 4) is 0 Å². The highest BCUT2D eigenvalue weighted by molar-refractivity contribution is 7.80. The van der Waals surface area contributed by atoms with Gasteiger partial charge in [0.05, 0.1) is 25.5 Å². The third kappa shape index (κ3) is 4.09. The van der Waals surface area contributed by atoms with Gasteiger partial charge in [0.25, 0.3) is 0 Å². The Labute approximate surface area is 174 Å². The lowest BCUT2D eigenvalue weighted by atomic mass is 9.95. The number of hydrogen-bond acceptors (Lipinski definition) is 6. The van der Waals surface area contributed by atoms with Gasteiger partial charge in [-0.25, -0.2) is 4.79 Å². The molecule has 3 heterocycles. The first-order valence-electron chi connectivity index (χ1n) is 9.69. The number of piperazine rings is 1. The van der Waals surface area contributed by atoms with E-state index in [4.69, 9.17) is 21.4 Å². The minimum Gasteiger partial charge on any atom is -0.468 e. The highest BCUT2D eigenvalue weighted by Crippen LogP contribution is 2.38. The molecule has 8 heteroatoms. The zero-order valence-corrected chi connectivity index (χ0v) is 17.7. The summed E-state index contributed by atoms with van der Waals surface area (Å²) in [5.74, 6) is 0.717. The average Bonchev–Trinajstić information content (AvgIpc) is 3.35. The minimum atomic E-state index is -0.270. The molecule has 1 fully saturated rings. The summed E-state index contributed by atoms with van der Waals surface area (Å²) in [4.78, 5) is 18.2. The largest absolute Gasteiger partial charge is 0.468 e. The standard InChI is InChI=1S/C20H25N3O3S2/c1-25-19(24)17-15-6-2-3-7-16(15)28-18(17)21-20(27)23-10-8-22(9-11-23)13-14-5-4-12-26-14/h4-5,12H,2-3,6-11,13H2,1H3,(H,21,27). The van der Waals surface area contributed by atoms with Gasteiger partial charge in [0, 0.05) is 31.1 Å². The zero-order chi connectivity index (χ0) is 19.5. The number of carbonyl (C=O) groups excluding carboxylic acids is 1. The van der Waals surface area contributed by atoms with Crippen molar-refractivity contribution < 1.29 is 13.9 Å². The summed E-state index contributed by atoms with van der Waals surface area (Å²) in [6.07, 6.45) is 5.98. The number of thiophene rings is 1. The van der Waals surface area contributed by atoms with E-state index in [-0.39, 0.29) is 5.97 Å². The fraction of sp³-hybridized carbons (Fsp3) is 0.500. The number of hydrogen-bond donors (Lipinski definition) is 1. The van der Waals surface area contributed by atoms with Crippen molar-refractivity contribution in [3.63, 3.8) is 0 Å². The Morgan fingerprint density at radius 3 is 2.79 bits per heavy atom. The molecule has 28 heavy (non-hydrogen) atoms. The van der Waals surface area contributed by atoms with Gasteiger partial charge in [-0.3, -0.25) is 4.90 Å². The number of thiocarbonyl (C=S) groups is 1. The molecule has 2 aliphatic rings. The van der Waals surface area contributed by atoms with Crippen molar-refractivity contribution in [3.05, 3.63) is 40.2 Å². The molecule has 0 atom stereocenters. The molecular formula is C20H25N3O3S2. The Morgan fingerprint density at radius 1 is 1.29 bits per heavy atom. The molecular weight excluding hydrogens is 394 g/mol. The number of nitrogens with zero attached hydrogens (tertiary/aromatic N) is 2. The molecule has 4 rings (SSSR count). The van der Waals surface area contributed by atoms with Gasteiger partial charge in [0.15, 0.2) is 5.11 Å². The summed E-state index contributed by atoms with van der Waals surface area (Å²) in [5, 5.41) is 4.87. The molecule has 1 aliphatic carbocycles. The van der Waals surface area contributed by atoms with Gasteiger partial charge < -0.3 is 19.4 Å². The van der Waals surface area contributed by atoms with Crippen molar-refractivity contribution in [1.82, 2.24) is 9.80 Å². The van der Waals surface area contributed by atoms with Crippen molar-refractivity contribution in [2.45, 2.75) is 32.2 Å². The van der Waals surface area contributed by atoms with E-state index in [1.165, 1.54) is 18.4 Å². The maximum absolute atomic E-state index is 12.4. The molecule has 2 aromatic rings. The van der Waals surface area contributed by atoms with E-state index in [0.29, 0.717) is 10.7 Å². The van der Waals surface area contributed by atoms with Gasteiger partial charge in [0.1, 0.15) is 10.8 Å². The van der Waals surface area contributed by atoms with Crippen LogP contribution in [0.1, 0.15) is 39.4 Å². The molecule has 0 radical (unpaired) electrons. The van der Waals surface area contributed by atoms with Gasteiger partial charge in [0.2, 0.25) is 0 Å². The van der Waals surface area contributed by atoms with E-state index in [2.05, 4.69) is 15.1 Å². The topological polar surface area (TPSA) is 58.0 Å². The number of methoxy groups -OCH3 is 1. The molecule has 150 valence electrons. The zero-order valence-electron chi connectivity index (χ0n) is 16.0. The van der Waals surface area contributed by atoms with E-state index in [1.54, 1.807) is 17.6 Å². The second kappa shape index (κ2) is 8.63. The van der Waals surface area contributed by atoms with Crippen LogP contribution in [0.2, 0.25) is 0 Å². The van der Waals surface area contributed by atoms with Crippen molar-refractivity contribution in [2.75, 3.05) is 38.6 Å². The van der Waals surface area contributed by atoms with Crippen LogP contribution in [0, 0.1) is 0 Å². The predicted octanol–water partition coefficient (Wildman–Crippen LogP) is 3.52. The highest BCUT2D eigenvalue weighted by Gasteiger charge is 2.28. The van der Waals surface area contributed by atoms with Crippen molar-refractivity contribution in [1.29, 1.82) is 0 Å². The van der Waals surface area contributed by atoms with Crippen LogP contribution in [0.25, 0.3) is 0 Å². The Hall–Kier alpha value is -1.90. The van der Waals surface area contributed by atoms with Crippen molar-refractivity contribution >= 4 is 39.6 Å². The smallest absolute Gasteiger partial charge is 0.341 e. The number of nitrogens with one attached hydrogen (secondary N) is 1. The monoisotopic (exact) mass is 419 g/mol. The number of aryl methyl sites for hydroxylation is 1. The van der Waals surface area contributed by atoms with Gasteiger partial charge >= 0.3 is 5.97 Å². The molecule has 6 nitrogen and oxygen atoms in total. The normalized spacial score (nSPS) is 17.2. The van der Waals surface area contributed by atoms with Crippen LogP contribution in [-0.2, 0) is 24.1 Å². The van der Waals surface area contributed by atoms with Gasteiger partial charge in [-0.1, -0.05) is 0 Å².